The molecule has 0 aromatic heterocycles. The van der Waals surface area contributed by atoms with Crippen LogP contribution in [0.4, 0.5) is 0 Å². The lowest BCUT2D eigenvalue weighted by Crippen LogP contribution is -2.45. The third kappa shape index (κ3) is 4.40. The second kappa shape index (κ2) is 5.48. The molecule has 0 radical (unpaired) electrons. The van der Waals surface area contributed by atoms with Crippen molar-refractivity contribution >= 4 is 0 Å². The predicted molar refractivity (Wildman–Crippen MR) is 66.7 cm³/mol. The highest BCUT2D eigenvalue weighted by atomic mass is 16.5. The van der Waals surface area contributed by atoms with Crippen LogP contribution >= 0.6 is 0 Å². The Balaban J connectivity index is 2.52. The van der Waals surface area contributed by atoms with Gasteiger partial charge in [-0.05, 0) is 40.5 Å². The minimum atomic E-state index is 0.173. The summed E-state index contributed by atoms with van der Waals surface area (Å²) in [5, 5.41) is 3.60. The van der Waals surface area contributed by atoms with Gasteiger partial charge in [-0.1, -0.05) is 0 Å². The first kappa shape index (κ1) is 13.9. The van der Waals surface area contributed by atoms with E-state index in [1.54, 1.807) is 7.11 Å². The van der Waals surface area contributed by atoms with Gasteiger partial charge >= 0.3 is 0 Å². The molecule has 1 aliphatic heterocycles. The molecule has 0 saturated carbocycles. The van der Waals surface area contributed by atoms with E-state index < -0.39 is 0 Å². The van der Waals surface area contributed by atoms with Gasteiger partial charge in [0.15, 0.2) is 0 Å². The van der Waals surface area contributed by atoms with E-state index in [9.17, 15) is 0 Å². The molecule has 16 heavy (non-hydrogen) atoms. The van der Waals surface area contributed by atoms with E-state index in [1.807, 2.05) is 0 Å². The number of rotatable bonds is 5. The zero-order valence-corrected chi connectivity index (χ0v) is 11.4. The van der Waals surface area contributed by atoms with E-state index in [0.29, 0.717) is 6.10 Å². The summed E-state index contributed by atoms with van der Waals surface area (Å²) < 4.78 is 11.0. The van der Waals surface area contributed by atoms with Crippen molar-refractivity contribution in [1.82, 2.24) is 5.32 Å². The highest BCUT2D eigenvalue weighted by Crippen LogP contribution is 2.34. The first-order chi connectivity index (χ1) is 7.37. The molecule has 3 heteroatoms. The average Bonchev–Trinajstić information content (AvgIpc) is 2.63. The second-order valence-electron chi connectivity index (χ2n) is 6.16. The number of methoxy groups -OCH3 is 1. The topological polar surface area (TPSA) is 30.5 Å². The normalized spacial score (nSPS) is 28.3. The summed E-state index contributed by atoms with van der Waals surface area (Å²) in [4.78, 5) is 0. The first-order valence-corrected chi connectivity index (χ1v) is 6.22. The molecule has 1 aliphatic rings. The standard InChI is InChI=1S/C13H27NO2/c1-11(15-5)8-13(6-7-16-10-13)9-14-12(2,3)4/h11,14H,6-10H2,1-5H3. The van der Waals surface area contributed by atoms with Crippen molar-refractivity contribution < 1.29 is 9.47 Å². The van der Waals surface area contributed by atoms with E-state index in [2.05, 4.69) is 33.0 Å². The van der Waals surface area contributed by atoms with Gasteiger partial charge in [-0.3, -0.25) is 0 Å². The van der Waals surface area contributed by atoms with Gasteiger partial charge < -0.3 is 14.8 Å². The van der Waals surface area contributed by atoms with Gasteiger partial charge in [0.05, 0.1) is 12.7 Å². The minimum absolute atomic E-state index is 0.173. The van der Waals surface area contributed by atoms with Gasteiger partial charge in [0.2, 0.25) is 0 Å². The van der Waals surface area contributed by atoms with Crippen LogP contribution in [0, 0.1) is 5.41 Å². The number of hydrogen-bond donors (Lipinski definition) is 1. The number of nitrogens with one attached hydrogen (secondary N) is 1. The molecule has 96 valence electrons. The maximum Gasteiger partial charge on any atom is 0.0549 e. The molecular formula is C13H27NO2. The lowest BCUT2D eigenvalue weighted by molar-refractivity contribution is 0.0518. The Kier molecular flexibility index (Phi) is 4.77. The predicted octanol–water partition coefficient (Wildman–Crippen LogP) is 2.21. The molecule has 1 N–H and O–H groups in total. The molecular weight excluding hydrogens is 202 g/mol. The lowest BCUT2D eigenvalue weighted by Gasteiger charge is -2.33. The van der Waals surface area contributed by atoms with E-state index in [1.165, 1.54) is 0 Å². The van der Waals surface area contributed by atoms with Gasteiger partial charge in [-0.15, -0.1) is 0 Å². The Labute approximate surface area is 99.9 Å². The van der Waals surface area contributed by atoms with Crippen molar-refractivity contribution in [3.05, 3.63) is 0 Å². The van der Waals surface area contributed by atoms with E-state index >= 15 is 0 Å². The third-order valence-corrected chi connectivity index (χ3v) is 3.30. The summed E-state index contributed by atoms with van der Waals surface area (Å²) in [6, 6.07) is 0. The molecule has 0 aromatic rings. The third-order valence-electron chi connectivity index (χ3n) is 3.30. The van der Waals surface area contributed by atoms with Crippen molar-refractivity contribution in [2.24, 2.45) is 5.41 Å². The van der Waals surface area contributed by atoms with Crippen LogP contribution in [0.2, 0.25) is 0 Å². The number of hydrogen-bond acceptors (Lipinski definition) is 3. The maximum absolute atomic E-state index is 5.58. The largest absolute Gasteiger partial charge is 0.382 e. The molecule has 0 spiro atoms. The van der Waals surface area contributed by atoms with Crippen molar-refractivity contribution in [1.29, 1.82) is 0 Å². The molecule has 0 amide bonds. The monoisotopic (exact) mass is 229 g/mol. The van der Waals surface area contributed by atoms with E-state index in [0.717, 1.165) is 32.6 Å². The highest BCUT2D eigenvalue weighted by molar-refractivity contribution is 4.89. The minimum Gasteiger partial charge on any atom is -0.382 e. The fourth-order valence-electron chi connectivity index (χ4n) is 2.17. The van der Waals surface area contributed by atoms with E-state index in [4.69, 9.17) is 9.47 Å². The molecule has 1 rings (SSSR count). The highest BCUT2D eigenvalue weighted by Gasteiger charge is 2.36. The fourth-order valence-corrected chi connectivity index (χ4v) is 2.17. The average molecular weight is 229 g/mol. The van der Waals surface area contributed by atoms with Gasteiger partial charge in [0.1, 0.15) is 0 Å². The first-order valence-electron chi connectivity index (χ1n) is 6.22. The van der Waals surface area contributed by atoms with Crippen LogP contribution in [0.1, 0.15) is 40.5 Å². The van der Waals surface area contributed by atoms with Crippen LogP contribution in [0.5, 0.6) is 0 Å². The Morgan fingerprint density at radius 1 is 1.44 bits per heavy atom. The lowest BCUT2D eigenvalue weighted by atomic mass is 9.81. The summed E-state index contributed by atoms with van der Waals surface area (Å²) in [7, 11) is 1.78. The molecule has 3 nitrogen and oxygen atoms in total. The van der Waals surface area contributed by atoms with Crippen molar-refractivity contribution in [2.45, 2.75) is 52.2 Å². The molecule has 2 atom stereocenters. The molecule has 0 bridgehead atoms. The Morgan fingerprint density at radius 3 is 2.56 bits per heavy atom. The zero-order chi connectivity index (χ0) is 12.2. The maximum atomic E-state index is 5.58. The van der Waals surface area contributed by atoms with Crippen LogP contribution in [0.15, 0.2) is 0 Å². The fraction of sp³-hybridized carbons (Fsp3) is 1.00. The van der Waals surface area contributed by atoms with Crippen LogP contribution in [0.25, 0.3) is 0 Å². The van der Waals surface area contributed by atoms with Crippen LogP contribution < -0.4 is 5.32 Å². The molecule has 1 heterocycles. The van der Waals surface area contributed by atoms with Crippen LogP contribution in [-0.4, -0.2) is 38.5 Å². The summed E-state index contributed by atoms with van der Waals surface area (Å²) in [6.45, 7) is 11.5. The summed E-state index contributed by atoms with van der Waals surface area (Å²) in [6.07, 6.45) is 2.53. The Morgan fingerprint density at radius 2 is 2.12 bits per heavy atom. The molecule has 0 aliphatic carbocycles. The summed E-state index contributed by atoms with van der Waals surface area (Å²) in [5.74, 6) is 0. The SMILES string of the molecule is COC(C)CC1(CNC(C)(C)C)CCOC1. The van der Waals surface area contributed by atoms with Crippen LogP contribution in [0.3, 0.4) is 0 Å². The molecule has 0 aromatic carbocycles. The molecule has 1 fully saturated rings. The van der Waals surface area contributed by atoms with Crippen molar-refractivity contribution in [3.63, 3.8) is 0 Å². The van der Waals surface area contributed by atoms with Gasteiger partial charge in [-0.2, -0.15) is 0 Å². The zero-order valence-electron chi connectivity index (χ0n) is 11.4. The van der Waals surface area contributed by atoms with Gasteiger partial charge in [0, 0.05) is 31.2 Å². The quantitative estimate of drug-likeness (QED) is 0.784. The summed E-state index contributed by atoms with van der Waals surface area (Å²) >= 11 is 0. The van der Waals surface area contributed by atoms with Gasteiger partial charge in [-0.25, -0.2) is 0 Å². The van der Waals surface area contributed by atoms with Gasteiger partial charge in [0.25, 0.3) is 0 Å². The molecule has 2 unspecified atom stereocenters. The number of ether oxygens (including phenoxy) is 2. The second-order valence-corrected chi connectivity index (χ2v) is 6.16. The van der Waals surface area contributed by atoms with E-state index in [-0.39, 0.29) is 11.0 Å². The molecule has 1 saturated heterocycles. The van der Waals surface area contributed by atoms with Crippen molar-refractivity contribution in [2.75, 3.05) is 26.9 Å². The smallest absolute Gasteiger partial charge is 0.0549 e. The Bertz CT molecular complexity index is 204. The summed E-state index contributed by atoms with van der Waals surface area (Å²) in [5.41, 5.74) is 0.439. The van der Waals surface area contributed by atoms with Crippen molar-refractivity contribution in [3.8, 4) is 0 Å². The Hall–Kier alpha value is -0.120. The van der Waals surface area contributed by atoms with Crippen LogP contribution in [-0.2, 0) is 9.47 Å².